The fraction of sp³-hybridized carbons (Fsp3) is 0.815. The van der Waals surface area contributed by atoms with Gasteiger partial charge in [0.15, 0.2) is 0 Å². The van der Waals surface area contributed by atoms with E-state index in [9.17, 15) is 0 Å². The summed E-state index contributed by atoms with van der Waals surface area (Å²) >= 11 is 6.47. The molecule has 1 aromatic rings. The van der Waals surface area contributed by atoms with Crippen LogP contribution in [0.2, 0.25) is 0 Å². The molecule has 0 aromatic carbocycles. The second-order valence-electron chi connectivity index (χ2n) is 11.1. The van der Waals surface area contributed by atoms with Gasteiger partial charge < -0.3 is 4.74 Å². The average molecular weight is 471 g/mol. The van der Waals surface area contributed by atoms with Crippen LogP contribution in [0, 0.1) is 35.5 Å². The Bertz CT molecular complexity index is 705. The summed E-state index contributed by atoms with van der Waals surface area (Å²) in [4.78, 5) is 4.98. The van der Waals surface area contributed by atoms with Gasteiger partial charge in [-0.05, 0) is 73.0 Å². The number of pyridine rings is 1. The summed E-state index contributed by atoms with van der Waals surface area (Å²) in [7, 11) is 1.87. The SMILES string of the molecule is COc1c(C2CC(C)CCC2C(C)C)cnc(CCl)c1C1CC(C)CCC1C(C)C.Cl. The van der Waals surface area contributed by atoms with E-state index in [1.807, 2.05) is 7.11 Å². The van der Waals surface area contributed by atoms with Gasteiger partial charge in [-0.1, -0.05) is 54.4 Å². The van der Waals surface area contributed by atoms with Crippen LogP contribution >= 0.6 is 24.0 Å². The van der Waals surface area contributed by atoms with Gasteiger partial charge >= 0.3 is 0 Å². The number of alkyl halides is 1. The zero-order chi connectivity index (χ0) is 22.0. The van der Waals surface area contributed by atoms with E-state index in [2.05, 4.69) is 47.7 Å². The molecular formula is C27H45Cl2NO. The molecule has 0 amide bonds. The van der Waals surface area contributed by atoms with E-state index in [4.69, 9.17) is 21.3 Å². The lowest BCUT2D eigenvalue weighted by Crippen LogP contribution is -2.29. The minimum Gasteiger partial charge on any atom is -0.496 e. The third-order valence-electron chi connectivity index (χ3n) is 8.32. The van der Waals surface area contributed by atoms with E-state index >= 15 is 0 Å². The summed E-state index contributed by atoms with van der Waals surface area (Å²) in [6, 6.07) is 0. The summed E-state index contributed by atoms with van der Waals surface area (Å²) in [5.74, 6) is 6.88. The van der Waals surface area contributed by atoms with Crippen LogP contribution in [-0.4, -0.2) is 12.1 Å². The van der Waals surface area contributed by atoms with Gasteiger partial charge in [0.25, 0.3) is 0 Å². The van der Waals surface area contributed by atoms with Gasteiger partial charge in [0, 0.05) is 17.3 Å². The molecule has 0 spiro atoms. The quantitative estimate of drug-likeness (QED) is 0.388. The molecule has 31 heavy (non-hydrogen) atoms. The number of methoxy groups -OCH3 is 1. The Morgan fingerprint density at radius 1 is 0.935 bits per heavy atom. The maximum atomic E-state index is 6.47. The summed E-state index contributed by atoms with van der Waals surface area (Å²) in [6.07, 6.45) is 9.88. The van der Waals surface area contributed by atoms with Crippen LogP contribution < -0.4 is 4.74 Å². The number of aromatic nitrogens is 1. The van der Waals surface area contributed by atoms with Gasteiger partial charge in [-0.2, -0.15) is 0 Å². The molecule has 3 rings (SSSR count). The van der Waals surface area contributed by atoms with E-state index in [-0.39, 0.29) is 12.4 Å². The second-order valence-corrected chi connectivity index (χ2v) is 11.4. The van der Waals surface area contributed by atoms with Crippen LogP contribution in [0.4, 0.5) is 0 Å². The van der Waals surface area contributed by atoms with Crippen molar-refractivity contribution in [1.82, 2.24) is 4.98 Å². The molecule has 0 radical (unpaired) electrons. The molecule has 6 atom stereocenters. The van der Waals surface area contributed by atoms with Crippen LogP contribution in [0.1, 0.15) is 109 Å². The van der Waals surface area contributed by atoms with Gasteiger partial charge in [-0.3, -0.25) is 4.98 Å². The lowest BCUT2D eigenvalue weighted by molar-refractivity contribution is 0.186. The molecule has 1 heterocycles. The number of hydrogen-bond donors (Lipinski definition) is 0. The van der Waals surface area contributed by atoms with Crippen molar-refractivity contribution in [3.05, 3.63) is 23.0 Å². The first-order valence-corrected chi connectivity index (χ1v) is 12.9. The van der Waals surface area contributed by atoms with Crippen molar-refractivity contribution in [3.8, 4) is 5.75 Å². The number of halogens is 2. The zero-order valence-corrected chi connectivity index (χ0v) is 22.4. The minimum absolute atomic E-state index is 0. The molecule has 2 nitrogen and oxygen atoms in total. The van der Waals surface area contributed by atoms with Gasteiger partial charge in [0.05, 0.1) is 18.7 Å². The molecule has 2 fully saturated rings. The number of hydrogen-bond acceptors (Lipinski definition) is 2. The Balaban J connectivity index is 0.00000341. The topological polar surface area (TPSA) is 22.1 Å². The number of rotatable bonds is 6. The minimum atomic E-state index is 0. The van der Waals surface area contributed by atoms with Gasteiger partial charge in [-0.25, -0.2) is 0 Å². The Morgan fingerprint density at radius 3 is 1.94 bits per heavy atom. The van der Waals surface area contributed by atoms with Crippen LogP contribution in [0.3, 0.4) is 0 Å². The maximum absolute atomic E-state index is 6.47. The smallest absolute Gasteiger partial charge is 0.129 e. The van der Waals surface area contributed by atoms with Crippen molar-refractivity contribution in [3.63, 3.8) is 0 Å². The molecule has 2 aliphatic carbocycles. The van der Waals surface area contributed by atoms with Crippen molar-refractivity contribution in [2.75, 3.05) is 7.11 Å². The Hall–Kier alpha value is -0.470. The molecule has 0 N–H and O–H groups in total. The van der Waals surface area contributed by atoms with Crippen molar-refractivity contribution < 1.29 is 4.74 Å². The van der Waals surface area contributed by atoms with Crippen molar-refractivity contribution in [1.29, 1.82) is 0 Å². The lowest BCUT2D eigenvalue weighted by atomic mass is 9.65. The molecule has 4 heteroatoms. The highest BCUT2D eigenvalue weighted by Gasteiger charge is 2.39. The van der Waals surface area contributed by atoms with E-state index in [0.717, 1.165) is 23.3 Å². The molecular weight excluding hydrogens is 425 g/mol. The number of ether oxygens (including phenoxy) is 1. The van der Waals surface area contributed by atoms with Crippen LogP contribution in [0.5, 0.6) is 5.75 Å². The Morgan fingerprint density at radius 2 is 1.45 bits per heavy atom. The summed E-state index contributed by atoms with van der Waals surface area (Å²) < 4.78 is 6.25. The predicted molar refractivity (Wildman–Crippen MR) is 136 cm³/mol. The van der Waals surface area contributed by atoms with Crippen LogP contribution in [-0.2, 0) is 5.88 Å². The lowest BCUT2D eigenvalue weighted by Gasteiger charge is -2.41. The van der Waals surface area contributed by atoms with E-state index in [1.54, 1.807) is 0 Å². The highest BCUT2D eigenvalue weighted by atomic mass is 35.5. The molecule has 2 aliphatic rings. The summed E-state index contributed by atoms with van der Waals surface area (Å²) in [5.41, 5.74) is 3.75. The fourth-order valence-electron chi connectivity index (χ4n) is 6.64. The normalized spacial score (nSPS) is 31.5. The first kappa shape index (κ1) is 26.8. The highest BCUT2D eigenvalue weighted by Crippen LogP contribution is 2.52. The van der Waals surface area contributed by atoms with Gasteiger partial charge in [0.1, 0.15) is 5.75 Å². The summed E-state index contributed by atoms with van der Waals surface area (Å²) in [6.45, 7) is 14.4. The van der Waals surface area contributed by atoms with Crippen molar-refractivity contribution in [2.45, 2.75) is 97.8 Å². The molecule has 0 aliphatic heterocycles. The largest absolute Gasteiger partial charge is 0.496 e. The molecule has 6 unspecified atom stereocenters. The maximum Gasteiger partial charge on any atom is 0.129 e. The van der Waals surface area contributed by atoms with E-state index < -0.39 is 0 Å². The first-order chi connectivity index (χ1) is 14.3. The molecule has 178 valence electrons. The zero-order valence-electron chi connectivity index (χ0n) is 20.8. The third-order valence-corrected chi connectivity index (χ3v) is 8.58. The van der Waals surface area contributed by atoms with Crippen molar-refractivity contribution >= 4 is 24.0 Å². The summed E-state index contributed by atoms with van der Waals surface area (Å²) in [5, 5.41) is 0. The van der Waals surface area contributed by atoms with E-state index in [0.29, 0.717) is 41.4 Å². The average Bonchev–Trinajstić information content (AvgIpc) is 2.71. The fourth-order valence-corrected chi connectivity index (χ4v) is 6.85. The first-order valence-electron chi connectivity index (χ1n) is 12.4. The highest BCUT2D eigenvalue weighted by molar-refractivity contribution is 6.17. The standard InChI is InChI=1S/C27H44ClNO.ClH/c1-16(2)20-10-8-18(5)12-22(20)24-15-29-25(14-28)26(27(24)30-7)23-13-19(6)9-11-21(23)17(3)4;/h15-23H,8-14H2,1-7H3;1H. The van der Waals surface area contributed by atoms with Crippen LogP contribution in [0.15, 0.2) is 6.20 Å². The van der Waals surface area contributed by atoms with Gasteiger partial charge in [-0.15, -0.1) is 24.0 Å². The monoisotopic (exact) mass is 469 g/mol. The van der Waals surface area contributed by atoms with E-state index in [1.165, 1.54) is 49.7 Å². The van der Waals surface area contributed by atoms with Gasteiger partial charge in [0.2, 0.25) is 0 Å². The molecule has 0 bridgehead atoms. The van der Waals surface area contributed by atoms with Crippen molar-refractivity contribution in [2.24, 2.45) is 35.5 Å². The molecule has 1 aromatic heterocycles. The number of nitrogens with zero attached hydrogens (tertiary/aromatic N) is 1. The molecule has 0 saturated heterocycles. The molecule has 2 saturated carbocycles. The Kier molecular flexibility index (Phi) is 10.0. The second kappa shape index (κ2) is 11.6. The van der Waals surface area contributed by atoms with Crippen LogP contribution in [0.25, 0.3) is 0 Å². The predicted octanol–water partition coefficient (Wildman–Crippen LogP) is 8.60. The Labute approximate surface area is 202 Å². The third kappa shape index (κ3) is 5.72.